The molecule has 0 saturated heterocycles. The number of carbonyl (C=O) groups is 1. The number of fused-ring (bicyclic) bond motifs is 1. The van der Waals surface area contributed by atoms with Gasteiger partial charge < -0.3 is 10.1 Å². The highest BCUT2D eigenvalue weighted by Gasteiger charge is 2.30. The van der Waals surface area contributed by atoms with E-state index in [1.807, 2.05) is 0 Å². The first kappa shape index (κ1) is 22.1. The number of hydrogen-bond donors (Lipinski definition) is 2. The minimum Gasteiger partial charge on any atom is -0.483 e. The number of carbonyl (C=O) groups excluding carboxylic acids is 1. The van der Waals surface area contributed by atoms with Crippen LogP contribution in [0.3, 0.4) is 0 Å². The minimum absolute atomic E-state index is 0.0180. The third-order valence-corrected chi connectivity index (χ3v) is 5.44. The van der Waals surface area contributed by atoms with E-state index in [1.54, 1.807) is 24.3 Å². The summed E-state index contributed by atoms with van der Waals surface area (Å²) in [6, 6.07) is 11.7. The third-order valence-electron chi connectivity index (χ3n) is 4.05. The number of nitrogens with zero attached hydrogens (tertiary/aromatic N) is 2. The van der Waals surface area contributed by atoms with E-state index in [0.29, 0.717) is 5.56 Å². The molecule has 31 heavy (non-hydrogen) atoms. The first-order valence-electron chi connectivity index (χ1n) is 8.79. The van der Waals surface area contributed by atoms with Crippen molar-refractivity contribution in [2.75, 3.05) is 18.5 Å². The summed E-state index contributed by atoms with van der Waals surface area (Å²) < 4.78 is 67.8. The molecule has 0 spiro atoms. The number of aliphatic imine (C=N–C) groups is 1. The molecule has 0 aromatic heterocycles. The molecule has 0 bridgehead atoms. The fraction of sp³-hybridized carbons (Fsp3) is 0.211. The topological polar surface area (TPSA) is 121 Å². The summed E-state index contributed by atoms with van der Waals surface area (Å²) in [5, 5.41) is 11.6. The number of amides is 1. The molecule has 0 saturated carbocycles. The van der Waals surface area contributed by atoms with Gasteiger partial charge in [-0.1, -0.05) is 12.1 Å². The largest absolute Gasteiger partial charge is 0.483 e. The fourth-order valence-corrected chi connectivity index (χ4v) is 3.98. The second kappa shape index (κ2) is 8.65. The predicted molar refractivity (Wildman–Crippen MR) is 104 cm³/mol. The Bertz CT molecular complexity index is 1190. The molecule has 0 aliphatic carbocycles. The molecule has 1 aliphatic heterocycles. The summed E-state index contributed by atoms with van der Waals surface area (Å²) in [6.45, 7) is -1.56. The Hall–Kier alpha value is -3.59. The number of anilines is 1. The van der Waals surface area contributed by atoms with Crippen molar-refractivity contribution in [3.8, 4) is 11.8 Å². The van der Waals surface area contributed by atoms with Crippen molar-refractivity contribution in [1.29, 1.82) is 5.26 Å². The standard InChI is InChI=1S/C19H15F3N4O4S/c20-19(21,22)11-30-15-6-5-13(9-12(15)10-23)25-17(27)7-8-24-18-14-3-1-2-4-16(14)31(28,29)26-18/h1-6,9H,7-8,11H2,(H,24,26)(H,25,27). The number of ether oxygens (including phenoxy) is 1. The smallest absolute Gasteiger partial charge is 0.422 e. The first-order chi connectivity index (χ1) is 14.6. The summed E-state index contributed by atoms with van der Waals surface area (Å²) in [6.07, 6.45) is -4.64. The molecule has 2 N–H and O–H groups in total. The van der Waals surface area contributed by atoms with Crippen LogP contribution in [0.1, 0.15) is 17.5 Å². The number of nitriles is 1. The van der Waals surface area contributed by atoms with E-state index in [9.17, 15) is 26.4 Å². The van der Waals surface area contributed by atoms with Gasteiger partial charge in [-0.2, -0.15) is 18.4 Å². The Labute approximate surface area is 175 Å². The first-order valence-corrected chi connectivity index (χ1v) is 10.3. The highest BCUT2D eigenvalue weighted by atomic mass is 32.2. The van der Waals surface area contributed by atoms with E-state index in [1.165, 1.54) is 18.2 Å². The van der Waals surface area contributed by atoms with Crippen molar-refractivity contribution in [2.45, 2.75) is 17.5 Å². The summed E-state index contributed by atoms with van der Waals surface area (Å²) in [4.78, 5) is 16.3. The summed E-state index contributed by atoms with van der Waals surface area (Å²) in [5.74, 6) is -0.593. The van der Waals surface area contributed by atoms with E-state index in [0.717, 1.165) is 6.07 Å². The lowest BCUT2D eigenvalue weighted by molar-refractivity contribution is -0.153. The van der Waals surface area contributed by atoms with Gasteiger partial charge in [-0.3, -0.25) is 14.5 Å². The van der Waals surface area contributed by atoms with Gasteiger partial charge >= 0.3 is 6.18 Å². The molecule has 8 nitrogen and oxygen atoms in total. The third kappa shape index (κ3) is 5.52. The van der Waals surface area contributed by atoms with Crippen LogP contribution in [0.25, 0.3) is 0 Å². The number of benzene rings is 2. The molecule has 0 fully saturated rings. The molecule has 0 atom stereocenters. The molecule has 2 aromatic rings. The second-order valence-corrected chi connectivity index (χ2v) is 8.01. The van der Waals surface area contributed by atoms with Gasteiger partial charge in [0.1, 0.15) is 17.7 Å². The van der Waals surface area contributed by atoms with Gasteiger partial charge in [-0.15, -0.1) is 0 Å². The monoisotopic (exact) mass is 452 g/mol. The minimum atomic E-state index is -4.55. The van der Waals surface area contributed by atoms with Crippen LogP contribution in [-0.2, 0) is 14.8 Å². The normalized spacial score (nSPS) is 15.6. The average molecular weight is 452 g/mol. The molecule has 162 valence electrons. The zero-order valence-electron chi connectivity index (χ0n) is 15.7. The lowest BCUT2D eigenvalue weighted by Crippen LogP contribution is -2.23. The fourth-order valence-electron chi connectivity index (χ4n) is 2.72. The molecule has 0 unspecified atom stereocenters. The van der Waals surface area contributed by atoms with Crippen LogP contribution in [0.15, 0.2) is 52.4 Å². The number of amidine groups is 1. The maximum atomic E-state index is 12.3. The number of sulfonamides is 1. The maximum absolute atomic E-state index is 12.3. The van der Waals surface area contributed by atoms with Crippen LogP contribution in [0.2, 0.25) is 0 Å². The van der Waals surface area contributed by atoms with Crippen molar-refractivity contribution >= 4 is 27.5 Å². The van der Waals surface area contributed by atoms with Gasteiger partial charge in [0.25, 0.3) is 10.0 Å². The van der Waals surface area contributed by atoms with E-state index < -0.39 is 28.7 Å². The van der Waals surface area contributed by atoms with Gasteiger partial charge in [-0.05, 0) is 30.3 Å². The highest BCUT2D eigenvalue weighted by molar-refractivity contribution is 7.90. The Morgan fingerprint density at radius 3 is 2.68 bits per heavy atom. The van der Waals surface area contributed by atoms with Crippen LogP contribution in [-0.4, -0.2) is 39.5 Å². The van der Waals surface area contributed by atoms with Crippen LogP contribution < -0.4 is 14.8 Å². The molecule has 0 radical (unpaired) electrons. The number of nitrogens with one attached hydrogen (secondary N) is 2. The predicted octanol–water partition coefficient (Wildman–Crippen LogP) is 2.57. The van der Waals surface area contributed by atoms with E-state index >= 15 is 0 Å². The van der Waals surface area contributed by atoms with Gasteiger partial charge in [0.05, 0.1) is 17.0 Å². The van der Waals surface area contributed by atoms with Crippen molar-refractivity contribution < 1.29 is 31.1 Å². The average Bonchev–Trinajstić information content (AvgIpc) is 2.97. The summed E-state index contributed by atoms with van der Waals surface area (Å²) in [7, 11) is -3.67. The zero-order chi connectivity index (χ0) is 22.6. The van der Waals surface area contributed by atoms with Gasteiger partial charge in [-0.25, -0.2) is 8.42 Å². The number of halogens is 3. The Kier molecular flexibility index (Phi) is 6.16. The molecule has 12 heteroatoms. The SMILES string of the molecule is N#Cc1cc(NC(=O)CCN=C2NS(=O)(=O)c3ccccc32)ccc1OCC(F)(F)F. The van der Waals surface area contributed by atoms with Crippen LogP contribution in [0.5, 0.6) is 5.75 Å². The second-order valence-electron chi connectivity index (χ2n) is 6.36. The summed E-state index contributed by atoms with van der Waals surface area (Å²) in [5.41, 5.74) is 0.441. The van der Waals surface area contributed by atoms with Gasteiger partial charge in [0.15, 0.2) is 6.61 Å². The lowest BCUT2D eigenvalue weighted by atomic mass is 10.2. The Balaban J connectivity index is 1.61. The van der Waals surface area contributed by atoms with Gasteiger partial charge in [0, 0.05) is 17.7 Å². The highest BCUT2D eigenvalue weighted by Crippen LogP contribution is 2.25. The Morgan fingerprint density at radius 2 is 1.97 bits per heavy atom. The van der Waals surface area contributed by atoms with Crippen molar-refractivity contribution in [1.82, 2.24) is 4.72 Å². The van der Waals surface area contributed by atoms with Crippen LogP contribution >= 0.6 is 0 Å². The van der Waals surface area contributed by atoms with Crippen molar-refractivity contribution in [3.05, 3.63) is 53.6 Å². The van der Waals surface area contributed by atoms with E-state index in [4.69, 9.17) is 5.26 Å². The molecule has 1 heterocycles. The van der Waals surface area contributed by atoms with Crippen molar-refractivity contribution in [3.63, 3.8) is 0 Å². The number of hydrogen-bond acceptors (Lipinski definition) is 6. The molecule has 2 aromatic carbocycles. The van der Waals surface area contributed by atoms with Gasteiger partial charge in [0.2, 0.25) is 5.91 Å². The number of rotatable bonds is 6. The lowest BCUT2D eigenvalue weighted by Gasteiger charge is -2.11. The quantitative estimate of drug-likeness (QED) is 0.698. The summed E-state index contributed by atoms with van der Waals surface area (Å²) >= 11 is 0. The van der Waals surface area contributed by atoms with Crippen LogP contribution in [0.4, 0.5) is 18.9 Å². The maximum Gasteiger partial charge on any atom is 0.422 e. The molecule has 1 amide bonds. The van der Waals surface area contributed by atoms with Crippen molar-refractivity contribution in [2.24, 2.45) is 4.99 Å². The number of alkyl halides is 3. The van der Waals surface area contributed by atoms with Crippen LogP contribution in [0, 0.1) is 11.3 Å². The van der Waals surface area contributed by atoms with E-state index in [2.05, 4.69) is 19.8 Å². The molecular weight excluding hydrogens is 437 g/mol. The van der Waals surface area contributed by atoms with E-state index in [-0.39, 0.29) is 40.7 Å². The molecular formula is C19H15F3N4O4S. The zero-order valence-corrected chi connectivity index (χ0v) is 16.5. The molecule has 1 aliphatic rings. The Morgan fingerprint density at radius 1 is 1.23 bits per heavy atom. The molecule has 3 rings (SSSR count).